The van der Waals surface area contributed by atoms with Gasteiger partial charge in [0.15, 0.2) is 0 Å². The lowest BCUT2D eigenvalue weighted by Gasteiger charge is -2.25. The SMILES string of the molecule is CCCCCc1ccc(N(Cc2cccc(-c3nccs3)c2)C(=O)NC(C)C)cc1. The summed E-state index contributed by atoms with van der Waals surface area (Å²) >= 11 is 1.62. The largest absolute Gasteiger partial charge is 0.336 e. The van der Waals surface area contributed by atoms with Crippen molar-refractivity contribution in [1.29, 1.82) is 0 Å². The number of carbonyl (C=O) groups is 1. The van der Waals surface area contributed by atoms with Crippen LogP contribution < -0.4 is 10.2 Å². The number of benzene rings is 2. The predicted molar refractivity (Wildman–Crippen MR) is 127 cm³/mol. The third-order valence-electron chi connectivity index (χ3n) is 4.92. The second-order valence-electron chi connectivity index (χ2n) is 7.85. The molecule has 0 saturated heterocycles. The summed E-state index contributed by atoms with van der Waals surface area (Å²) in [6.07, 6.45) is 6.58. The second-order valence-corrected chi connectivity index (χ2v) is 8.75. The first-order valence-electron chi connectivity index (χ1n) is 10.7. The summed E-state index contributed by atoms with van der Waals surface area (Å²) in [4.78, 5) is 19.2. The molecule has 0 unspecified atom stereocenters. The van der Waals surface area contributed by atoms with Crippen LogP contribution in [0.2, 0.25) is 0 Å². The summed E-state index contributed by atoms with van der Waals surface area (Å²) in [7, 11) is 0. The Morgan fingerprint density at radius 3 is 2.57 bits per heavy atom. The third kappa shape index (κ3) is 6.17. The molecule has 4 nitrogen and oxygen atoms in total. The van der Waals surface area contributed by atoms with E-state index in [-0.39, 0.29) is 12.1 Å². The molecule has 0 saturated carbocycles. The van der Waals surface area contributed by atoms with Crippen molar-refractivity contribution in [3.63, 3.8) is 0 Å². The minimum absolute atomic E-state index is 0.0787. The van der Waals surface area contributed by atoms with Crippen LogP contribution in [-0.4, -0.2) is 17.1 Å². The van der Waals surface area contributed by atoms with Gasteiger partial charge < -0.3 is 5.32 Å². The Hall–Kier alpha value is -2.66. The minimum atomic E-state index is -0.0802. The van der Waals surface area contributed by atoms with E-state index in [0.717, 1.165) is 28.2 Å². The van der Waals surface area contributed by atoms with Crippen molar-refractivity contribution in [1.82, 2.24) is 10.3 Å². The molecular formula is C25H31N3OS. The van der Waals surface area contributed by atoms with Gasteiger partial charge in [-0.15, -0.1) is 11.3 Å². The van der Waals surface area contributed by atoms with Gasteiger partial charge in [-0.05, 0) is 56.0 Å². The van der Waals surface area contributed by atoms with Crippen LogP contribution in [0, 0.1) is 0 Å². The van der Waals surface area contributed by atoms with Crippen LogP contribution in [0.1, 0.15) is 51.2 Å². The highest BCUT2D eigenvalue weighted by Crippen LogP contribution is 2.25. The van der Waals surface area contributed by atoms with Gasteiger partial charge in [0.2, 0.25) is 0 Å². The number of urea groups is 1. The van der Waals surface area contributed by atoms with E-state index < -0.39 is 0 Å². The maximum atomic E-state index is 13.0. The normalized spacial score (nSPS) is 10.9. The number of unbranched alkanes of at least 4 members (excludes halogenated alkanes) is 2. The molecule has 0 radical (unpaired) electrons. The fourth-order valence-corrected chi connectivity index (χ4v) is 4.01. The number of thiazole rings is 1. The zero-order chi connectivity index (χ0) is 21.3. The molecule has 1 aromatic heterocycles. The molecule has 0 aliphatic rings. The van der Waals surface area contributed by atoms with E-state index in [1.54, 1.807) is 11.3 Å². The molecule has 0 bridgehead atoms. The molecule has 2 amide bonds. The van der Waals surface area contributed by atoms with Crippen molar-refractivity contribution < 1.29 is 4.79 Å². The Morgan fingerprint density at radius 2 is 1.90 bits per heavy atom. The molecule has 0 aliphatic carbocycles. The highest BCUT2D eigenvalue weighted by molar-refractivity contribution is 7.13. The number of nitrogens with one attached hydrogen (secondary N) is 1. The number of hydrogen-bond donors (Lipinski definition) is 1. The number of hydrogen-bond acceptors (Lipinski definition) is 3. The van der Waals surface area contributed by atoms with Gasteiger partial charge in [0.1, 0.15) is 5.01 Å². The first-order chi connectivity index (χ1) is 14.6. The van der Waals surface area contributed by atoms with Gasteiger partial charge in [-0.25, -0.2) is 9.78 Å². The summed E-state index contributed by atoms with van der Waals surface area (Å²) < 4.78 is 0. The monoisotopic (exact) mass is 421 g/mol. The molecular weight excluding hydrogens is 390 g/mol. The maximum absolute atomic E-state index is 13.0. The Kier molecular flexibility index (Phi) is 8.03. The van der Waals surface area contributed by atoms with Crippen LogP contribution in [0.3, 0.4) is 0 Å². The molecule has 3 rings (SSSR count). The summed E-state index contributed by atoms with van der Waals surface area (Å²) in [6.45, 7) is 6.69. The van der Waals surface area contributed by atoms with E-state index in [1.165, 1.54) is 24.8 Å². The molecule has 2 aromatic carbocycles. The van der Waals surface area contributed by atoms with Gasteiger partial charge in [-0.3, -0.25) is 4.90 Å². The number of aromatic nitrogens is 1. The van der Waals surface area contributed by atoms with E-state index >= 15 is 0 Å². The minimum Gasteiger partial charge on any atom is -0.336 e. The van der Waals surface area contributed by atoms with Gasteiger partial charge >= 0.3 is 6.03 Å². The van der Waals surface area contributed by atoms with Gasteiger partial charge in [-0.2, -0.15) is 0 Å². The number of aryl methyl sites for hydroxylation is 1. The van der Waals surface area contributed by atoms with Crippen molar-refractivity contribution in [2.75, 3.05) is 4.90 Å². The standard InChI is InChI=1S/C25H31N3OS/c1-4-5-6-8-20-11-13-23(14-12-20)28(25(29)27-19(2)3)18-21-9-7-10-22(17-21)24-26-15-16-30-24/h7,9-17,19H,4-6,8,18H2,1-3H3,(H,27,29). The number of carbonyl (C=O) groups excluding carboxylic acids is 1. The third-order valence-corrected chi connectivity index (χ3v) is 5.74. The Labute approximate surface area is 184 Å². The molecule has 1 heterocycles. The topological polar surface area (TPSA) is 45.2 Å². The zero-order valence-corrected chi connectivity index (χ0v) is 18.9. The Balaban J connectivity index is 1.81. The zero-order valence-electron chi connectivity index (χ0n) is 18.1. The lowest BCUT2D eigenvalue weighted by molar-refractivity contribution is 0.243. The van der Waals surface area contributed by atoms with E-state index in [0.29, 0.717) is 6.54 Å². The molecule has 0 fully saturated rings. The van der Waals surface area contributed by atoms with Crippen LogP contribution in [0.5, 0.6) is 0 Å². The van der Waals surface area contributed by atoms with Crippen LogP contribution in [0.15, 0.2) is 60.1 Å². The summed E-state index contributed by atoms with van der Waals surface area (Å²) in [5, 5.41) is 6.01. The molecule has 0 atom stereocenters. The number of nitrogens with zero attached hydrogens (tertiary/aromatic N) is 2. The molecule has 158 valence electrons. The van der Waals surface area contributed by atoms with Crippen LogP contribution in [-0.2, 0) is 13.0 Å². The lowest BCUT2D eigenvalue weighted by atomic mass is 10.1. The van der Waals surface area contributed by atoms with Crippen molar-refractivity contribution >= 4 is 23.1 Å². The first-order valence-corrected chi connectivity index (χ1v) is 11.6. The molecule has 30 heavy (non-hydrogen) atoms. The Bertz CT molecular complexity index is 920. The van der Waals surface area contributed by atoms with Crippen molar-refractivity contribution in [3.05, 3.63) is 71.2 Å². The molecule has 3 aromatic rings. The summed E-state index contributed by atoms with van der Waals surface area (Å²) in [5.41, 5.74) is 4.39. The second kappa shape index (κ2) is 10.9. The van der Waals surface area contributed by atoms with Crippen LogP contribution >= 0.6 is 11.3 Å². The molecule has 1 N–H and O–H groups in total. The smallest absolute Gasteiger partial charge is 0.322 e. The quantitative estimate of drug-likeness (QED) is 0.392. The van der Waals surface area contributed by atoms with Gasteiger partial charge in [-0.1, -0.05) is 50.1 Å². The van der Waals surface area contributed by atoms with Gasteiger partial charge in [0.25, 0.3) is 0 Å². The highest BCUT2D eigenvalue weighted by atomic mass is 32.1. The summed E-state index contributed by atoms with van der Waals surface area (Å²) in [6, 6.07) is 16.7. The van der Waals surface area contributed by atoms with E-state index in [9.17, 15) is 4.79 Å². The van der Waals surface area contributed by atoms with Crippen molar-refractivity contribution in [2.45, 2.75) is 59.0 Å². The van der Waals surface area contributed by atoms with E-state index in [2.05, 4.69) is 59.7 Å². The lowest BCUT2D eigenvalue weighted by Crippen LogP contribution is -2.42. The van der Waals surface area contributed by atoms with E-state index in [4.69, 9.17) is 0 Å². The molecule has 5 heteroatoms. The average Bonchev–Trinajstić information content (AvgIpc) is 3.28. The maximum Gasteiger partial charge on any atom is 0.322 e. The highest BCUT2D eigenvalue weighted by Gasteiger charge is 2.17. The number of amides is 2. The molecule has 0 spiro atoms. The van der Waals surface area contributed by atoms with Crippen molar-refractivity contribution in [3.8, 4) is 10.6 Å². The van der Waals surface area contributed by atoms with Gasteiger partial charge in [0, 0.05) is 28.9 Å². The first kappa shape index (κ1) is 22.0. The fraction of sp³-hybridized carbons (Fsp3) is 0.360. The summed E-state index contributed by atoms with van der Waals surface area (Å²) in [5.74, 6) is 0. The average molecular weight is 422 g/mol. The van der Waals surface area contributed by atoms with Crippen LogP contribution in [0.25, 0.3) is 10.6 Å². The molecule has 0 aliphatic heterocycles. The van der Waals surface area contributed by atoms with Crippen molar-refractivity contribution in [2.24, 2.45) is 0 Å². The van der Waals surface area contributed by atoms with E-state index in [1.807, 2.05) is 36.4 Å². The Morgan fingerprint density at radius 1 is 1.10 bits per heavy atom. The fourth-order valence-electron chi connectivity index (χ4n) is 3.38. The van der Waals surface area contributed by atoms with Gasteiger partial charge in [0.05, 0.1) is 6.54 Å². The number of anilines is 1. The predicted octanol–water partition coefficient (Wildman–Crippen LogP) is 6.67. The number of rotatable bonds is 9. The van der Waals surface area contributed by atoms with Crippen LogP contribution in [0.4, 0.5) is 10.5 Å².